The lowest BCUT2D eigenvalue weighted by Crippen LogP contribution is -2.55. The molecule has 0 amide bonds. The van der Waals surface area contributed by atoms with Crippen LogP contribution in [-0.2, 0) is 6.54 Å². The van der Waals surface area contributed by atoms with E-state index in [1.54, 1.807) is 11.3 Å². The first kappa shape index (κ1) is 11.8. The zero-order valence-corrected chi connectivity index (χ0v) is 11.8. The molecule has 2 bridgehead atoms. The molecule has 5 rings (SSSR count). The van der Waals surface area contributed by atoms with E-state index >= 15 is 0 Å². The lowest BCUT2D eigenvalue weighted by molar-refractivity contribution is 0.0720. The van der Waals surface area contributed by atoms with Gasteiger partial charge in [0.1, 0.15) is 0 Å². The molecule has 4 heterocycles. The van der Waals surface area contributed by atoms with Crippen LogP contribution in [0, 0.1) is 5.92 Å². The van der Waals surface area contributed by atoms with Gasteiger partial charge in [-0.3, -0.25) is 0 Å². The molecule has 0 spiro atoms. The summed E-state index contributed by atoms with van der Waals surface area (Å²) in [4.78, 5) is 7.10. The van der Waals surface area contributed by atoms with Crippen molar-refractivity contribution in [2.24, 2.45) is 5.92 Å². The van der Waals surface area contributed by atoms with Crippen molar-refractivity contribution >= 4 is 21.6 Å². The van der Waals surface area contributed by atoms with E-state index in [4.69, 9.17) is 0 Å². The summed E-state index contributed by atoms with van der Waals surface area (Å²) in [5, 5.41) is 3.77. The molecule has 1 N–H and O–H groups in total. The van der Waals surface area contributed by atoms with Gasteiger partial charge in [-0.2, -0.15) is 0 Å². The molecule has 1 unspecified atom stereocenters. The second-order valence-corrected chi connectivity index (χ2v) is 6.63. The molecule has 3 fully saturated rings. The van der Waals surface area contributed by atoms with Crippen molar-refractivity contribution in [3.63, 3.8) is 0 Å². The van der Waals surface area contributed by atoms with Gasteiger partial charge in [-0.05, 0) is 43.5 Å². The van der Waals surface area contributed by atoms with Crippen molar-refractivity contribution in [3.05, 3.63) is 29.3 Å². The molecule has 3 aliphatic heterocycles. The van der Waals surface area contributed by atoms with Crippen LogP contribution in [0.15, 0.2) is 23.7 Å². The summed E-state index contributed by atoms with van der Waals surface area (Å²) in [7, 11) is 0. The lowest BCUT2D eigenvalue weighted by atomic mass is 9.84. The van der Waals surface area contributed by atoms with Crippen molar-refractivity contribution in [3.8, 4) is 0 Å². The van der Waals surface area contributed by atoms with Crippen LogP contribution in [-0.4, -0.2) is 35.6 Å². The number of aromatic nitrogens is 1. The average Bonchev–Trinajstić information content (AvgIpc) is 2.95. The minimum Gasteiger partial charge on any atom is -0.308 e. The van der Waals surface area contributed by atoms with Crippen LogP contribution in [0.2, 0.25) is 0 Å². The number of hydrogen-bond donors (Lipinski definition) is 1. The van der Waals surface area contributed by atoms with Gasteiger partial charge < -0.3 is 10.2 Å². The van der Waals surface area contributed by atoms with E-state index in [0.717, 1.165) is 12.5 Å². The lowest BCUT2D eigenvalue weighted by Gasteiger charge is -2.45. The fourth-order valence-corrected chi connectivity index (χ4v) is 4.25. The average molecular weight is 273 g/mol. The van der Waals surface area contributed by atoms with Crippen LogP contribution in [0.4, 0.5) is 0 Å². The van der Waals surface area contributed by atoms with Crippen LogP contribution in [0.3, 0.4) is 0 Å². The Kier molecular flexibility index (Phi) is 3.02. The second kappa shape index (κ2) is 4.85. The number of nitrogens with one attached hydrogen (secondary N) is 1. The number of nitrogens with zero attached hydrogens (tertiary/aromatic N) is 2. The largest absolute Gasteiger partial charge is 0.308 e. The Morgan fingerprint density at radius 1 is 1.32 bits per heavy atom. The van der Waals surface area contributed by atoms with Crippen molar-refractivity contribution in [1.82, 2.24) is 15.2 Å². The Balaban J connectivity index is 1.49. The van der Waals surface area contributed by atoms with E-state index in [9.17, 15) is 0 Å². The van der Waals surface area contributed by atoms with E-state index in [1.165, 1.54) is 48.3 Å². The van der Waals surface area contributed by atoms with Gasteiger partial charge in [0.2, 0.25) is 0 Å². The Morgan fingerprint density at radius 3 is 3.00 bits per heavy atom. The maximum absolute atomic E-state index is 4.50. The molecule has 1 aromatic carbocycles. The van der Waals surface area contributed by atoms with Crippen molar-refractivity contribution in [1.29, 1.82) is 0 Å². The molecular weight excluding hydrogens is 254 g/mol. The third-order valence-corrected chi connectivity index (χ3v) is 5.45. The van der Waals surface area contributed by atoms with E-state index in [2.05, 4.69) is 33.4 Å². The smallest absolute Gasteiger partial charge is 0.0856 e. The van der Waals surface area contributed by atoms with Gasteiger partial charge in [0.15, 0.2) is 0 Å². The summed E-state index contributed by atoms with van der Waals surface area (Å²) in [6, 6.07) is 7.19. The normalized spacial score (nSPS) is 30.0. The summed E-state index contributed by atoms with van der Waals surface area (Å²) < 4.78 is 1.30. The van der Waals surface area contributed by atoms with Crippen molar-refractivity contribution < 1.29 is 0 Å². The number of para-hydroxylation sites is 1. The van der Waals surface area contributed by atoms with E-state index in [1.807, 2.05) is 5.51 Å². The standard InChI is InChI=1S/C15H19N3S/c1-2-12(15-14(3-1)19-10-17-15)8-16-13-9-18-6-4-11(13)5-7-18/h1-3,10-11,13,16H,4-9H2. The first-order valence-electron chi connectivity index (χ1n) is 7.17. The molecule has 19 heavy (non-hydrogen) atoms. The molecule has 2 aromatic rings. The van der Waals surface area contributed by atoms with Gasteiger partial charge >= 0.3 is 0 Å². The number of piperidine rings is 3. The van der Waals surface area contributed by atoms with E-state index in [0.29, 0.717) is 6.04 Å². The van der Waals surface area contributed by atoms with Crippen LogP contribution in [0.25, 0.3) is 10.2 Å². The number of rotatable bonds is 3. The summed E-state index contributed by atoms with van der Waals surface area (Å²) in [6.45, 7) is 4.81. The number of hydrogen-bond acceptors (Lipinski definition) is 4. The zero-order chi connectivity index (χ0) is 12.7. The predicted molar refractivity (Wildman–Crippen MR) is 79.4 cm³/mol. The van der Waals surface area contributed by atoms with Gasteiger partial charge in [0.05, 0.1) is 15.7 Å². The molecule has 3 saturated heterocycles. The highest BCUT2D eigenvalue weighted by Gasteiger charge is 2.33. The SMILES string of the molecule is c1cc(CNC2CN3CCC2CC3)c2ncsc2c1. The fourth-order valence-electron chi connectivity index (χ4n) is 3.53. The van der Waals surface area contributed by atoms with Crippen molar-refractivity contribution in [2.45, 2.75) is 25.4 Å². The monoisotopic (exact) mass is 273 g/mol. The van der Waals surface area contributed by atoms with Gasteiger partial charge in [0, 0.05) is 19.1 Å². The summed E-state index contributed by atoms with van der Waals surface area (Å²) >= 11 is 1.73. The third kappa shape index (κ3) is 2.18. The Hall–Kier alpha value is -0.970. The van der Waals surface area contributed by atoms with Gasteiger partial charge in [-0.15, -0.1) is 11.3 Å². The van der Waals surface area contributed by atoms with Gasteiger partial charge in [0.25, 0.3) is 0 Å². The fraction of sp³-hybridized carbons (Fsp3) is 0.533. The topological polar surface area (TPSA) is 28.2 Å². The quantitative estimate of drug-likeness (QED) is 0.931. The summed E-state index contributed by atoms with van der Waals surface area (Å²) in [5.74, 6) is 0.889. The molecule has 3 aliphatic rings. The van der Waals surface area contributed by atoms with Crippen LogP contribution in [0.5, 0.6) is 0 Å². The zero-order valence-electron chi connectivity index (χ0n) is 11.0. The van der Waals surface area contributed by atoms with Gasteiger partial charge in [-0.25, -0.2) is 4.98 Å². The van der Waals surface area contributed by atoms with E-state index in [-0.39, 0.29) is 0 Å². The second-order valence-electron chi connectivity index (χ2n) is 5.74. The first-order valence-corrected chi connectivity index (χ1v) is 8.05. The molecule has 100 valence electrons. The van der Waals surface area contributed by atoms with Crippen LogP contribution < -0.4 is 5.32 Å². The third-order valence-electron chi connectivity index (χ3n) is 4.65. The minimum absolute atomic E-state index is 0.677. The van der Waals surface area contributed by atoms with E-state index < -0.39 is 0 Å². The maximum Gasteiger partial charge on any atom is 0.0856 e. The first-order chi connectivity index (χ1) is 9.40. The Morgan fingerprint density at radius 2 is 2.21 bits per heavy atom. The molecule has 0 radical (unpaired) electrons. The number of thiazole rings is 1. The highest BCUT2D eigenvalue weighted by molar-refractivity contribution is 7.16. The highest BCUT2D eigenvalue weighted by Crippen LogP contribution is 2.28. The highest BCUT2D eigenvalue weighted by atomic mass is 32.1. The molecule has 1 aromatic heterocycles. The maximum atomic E-state index is 4.50. The van der Waals surface area contributed by atoms with Gasteiger partial charge in [-0.1, -0.05) is 12.1 Å². The molecule has 4 heteroatoms. The van der Waals surface area contributed by atoms with Crippen LogP contribution >= 0.6 is 11.3 Å². The molecule has 3 nitrogen and oxygen atoms in total. The Bertz CT molecular complexity index is 572. The number of fused-ring (bicyclic) bond motifs is 4. The van der Waals surface area contributed by atoms with Crippen molar-refractivity contribution in [2.75, 3.05) is 19.6 Å². The molecule has 0 saturated carbocycles. The summed E-state index contributed by atoms with van der Waals surface area (Å²) in [6.07, 6.45) is 2.75. The molecule has 1 atom stereocenters. The Labute approximate surface area is 117 Å². The van der Waals surface area contributed by atoms with Crippen LogP contribution in [0.1, 0.15) is 18.4 Å². The minimum atomic E-state index is 0.677. The molecular formula is C15H19N3S. The molecule has 0 aliphatic carbocycles. The summed E-state index contributed by atoms with van der Waals surface area (Å²) in [5.41, 5.74) is 4.47. The number of benzene rings is 1. The predicted octanol–water partition coefficient (Wildman–Crippen LogP) is 2.48.